The van der Waals surface area contributed by atoms with Crippen molar-refractivity contribution in [1.82, 2.24) is 5.32 Å². The van der Waals surface area contributed by atoms with Crippen molar-refractivity contribution in [2.24, 2.45) is 0 Å². The molecule has 2 aliphatic heterocycles. The van der Waals surface area contributed by atoms with Crippen LogP contribution in [0.1, 0.15) is 32.8 Å². The van der Waals surface area contributed by atoms with Gasteiger partial charge in [0.1, 0.15) is 17.0 Å². The van der Waals surface area contributed by atoms with Crippen LogP contribution in [0.5, 0.6) is 5.75 Å². The number of morpholine rings is 1. The zero-order chi connectivity index (χ0) is 12.8. The zero-order valence-corrected chi connectivity index (χ0v) is 11.3. The molecule has 2 unspecified atom stereocenters. The van der Waals surface area contributed by atoms with Crippen molar-refractivity contribution in [3.8, 4) is 5.75 Å². The van der Waals surface area contributed by atoms with Crippen molar-refractivity contribution < 1.29 is 9.47 Å². The summed E-state index contributed by atoms with van der Waals surface area (Å²) >= 11 is 0. The first kappa shape index (κ1) is 12.0. The lowest BCUT2D eigenvalue weighted by Crippen LogP contribution is -2.56. The van der Waals surface area contributed by atoms with Crippen LogP contribution < -0.4 is 10.1 Å². The van der Waals surface area contributed by atoms with Gasteiger partial charge in [0, 0.05) is 25.1 Å². The van der Waals surface area contributed by atoms with Gasteiger partial charge in [-0.2, -0.15) is 0 Å². The molecule has 1 aromatic carbocycles. The summed E-state index contributed by atoms with van der Waals surface area (Å²) < 4.78 is 12.4. The zero-order valence-electron chi connectivity index (χ0n) is 11.3. The smallest absolute Gasteiger partial charge is 0.126 e. The number of ether oxygens (including phenoxy) is 2. The molecule has 18 heavy (non-hydrogen) atoms. The Hall–Kier alpha value is -1.06. The van der Waals surface area contributed by atoms with Gasteiger partial charge in [0.05, 0.1) is 6.10 Å². The van der Waals surface area contributed by atoms with Crippen LogP contribution in [0.2, 0.25) is 0 Å². The highest BCUT2D eigenvalue weighted by Gasteiger charge is 2.48. The third-order valence-corrected chi connectivity index (χ3v) is 3.74. The Morgan fingerprint density at radius 1 is 1.28 bits per heavy atom. The first-order chi connectivity index (χ1) is 8.51. The molecule has 1 aromatic rings. The highest BCUT2D eigenvalue weighted by molar-refractivity contribution is 5.41. The molecule has 0 amide bonds. The van der Waals surface area contributed by atoms with Gasteiger partial charge < -0.3 is 14.8 Å². The minimum absolute atomic E-state index is 0.187. The lowest BCUT2D eigenvalue weighted by molar-refractivity contribution is -0.156. The van der Waals surface area contributed by atoms with Crippen molar-refractivity contribution in [1.29, 1.82) is 0 Å². The molecule has 0 aromatic heterocycles. The third-order valence-electron chi connectivity index (χ3n) is 3.74. The molecule has 0 bridgehead atoms. The SMILES string of the molecule is CC1CNCC2(CC(C)(C)Oc3ccccc32)O1. The van der Waals surface area contributed by atoms with Gasteiger partial charge in [-0.3, -0.25) is 0 Å². The minimum Gasteiger partial charge on any atom is -0.487 e. The number of rotatable bonds is 0. The molecular formula is C15H21NO2. The van der Waals surface area contributed by atoms with Crippen LogP contribution in [0.3, 0.4) is 0 Å². The van der Waals surface area contributed by atoms with Gasteiger partial charge in [0.25, 0.3) is 0 Å². The van der Waals surface area contributed by atoms with E-state index in [2.05, 4.69) is 38.2 Å². The molecule has 2 atom stereocenters. The third kappa shape index (κ3) is 1.91. The second-order valence-electron chi connectivity index (χ2n) is 6.09. The minimum atomic E-state index is -0.240. The molecule has 2 aliphatic rings. The van der Waals surface area contributed by atoms with Crippen molar-refractivity contribution in [3.63, 3.8) is 0 Å². The van der Waals surface area contributed by atoms with Crippen LogP contribution in [-0.2, 0) is 10.3 Å². The second-order valence-corrected chi connectivity index (χ2v) is 6.09. The summed E-state index contributed by atoms with van der Waals surface area (Å²) in [6.07, 6.45) is 1.12. The van der Waals surface area contributed by atoms with Crippen LogP contribution in [0, 0.1) is 0 Å². The largest absolute Gasteiger partial charge is 0.487 e. The number of nitrogens with one attached hydrogen (secondary N) is 1. The van der Waals surface area contributed by atoms with Gasteiger partial charge in [-0.1, -0.05) is 18.2 Å². The summed E-state index contributed by atoms with van der Waals surface area (Å²) in [5.41, 5.74) is 0.756. The molecule has 2 heterocycles. The first-order valence-electron chi connectivity index (χ1n) is 6.68. The van der Waals surface area contributed by atoms with Crippen LogP contribution >= 0.6 is 0 Å². The lowest BCUT2D eigenvalue weighted by atomic mass is 9.79. The van der Waals surface area contributed by atoms with E-state index in [1.807, 2.05) is 12.1 Å². The summed E-state index contributed by atoms with van der Waals surface area (Å²) in [5.74, 6) is 0.963. The Morgan fingerprint density at radius 2 is 2.06 bits per heavy atom. The Morgan fingerprint density at radius 3 is 2.83 bits per heavy atom. The Bertz CT molecular complexity index is 458. The second kappa shape index (κ2) is 3.97. The topological polar surface area (TPSA) is 30.5 Å². The number of para-hydroxylation sites is 1. The van der Waals surface area contributed by atoms with Crippen molar-refractivity contribution in [2.45, 2.75) is 44.5 Å². The highest BCUT2D eigenvalue weighted by Crippen LogP contribution is 2.46. The fourth-order valence-corrected chi connectivity index (χ4v) is 3.26. The monoisotopic (exact) mass is 247 g/mol. The quantitative estimate of drug-likeness (QED) is 0.764. The number of hydrogen-bond acceptors (Lipinski definition) is 3. The number of fused-ring (bicyclic) bond motifs is 2. The molecular weight excluding hydrogens is 226 g/mol. The molecule has 1 N–H and O–H groups in total. The summed E-state index contributed by atoms with van der Waals surface area (Å²) in [4.78, 5) is 0. The van der Waals surface area contributed by atoms with Gasteiger partial charge >= 0.3 is 0 Å². The lowest BCUT2D eigenvalue weighted by Gasteiger charge is -2.49. The molecule has 0 radical (unpaired) electrons. The predicted molar refractivity (Wildman–Crippen MR) is 70.9 cm³/mol. The predicted octanol–water partition coefficient (Wildman–Crippen LogP) is 2.45. The fraction of sp³-hybridized carbons (Fsp3) is 0.600. The van der Waals surface area contributed by atoms with Gasteiger partial charge in [0.15, 0.2) is 0 Å². The molecule has 0 aliphatic carbocycles. The van der Waals surface area contributed by atoms with E-state index in [9.17, 15) is 0 Å². The summed E-state index contributed by atoms with van der Waals surface area (Å²) in [5, 5.41) is 3.49. The molecule has 98 valence electrons. The Kier molecular flexibility index (Phi) is 2.65. The van der Waals surface area contributed by atoms with Crippen LogP contribution in [0.15, 0.2) is 24.3 Å². The number of hydrogen-bond donors (Lipinski definition) is 1. The van der Waals surface area contributed by atoms with Crippen molar-refractivity contribution >= 4 is 0 Å². The molecule has 0 saturated carbocycles. The standard InChI is InChI=1S/C15H21NO2/c1-11-8-16-10-15(17-11)9-14(2,3)18-13-7-5-4-6-12(13)15/h4-7,11,16H,8-10H2,1-3H3. The average molecular weight is 247 g/mol. The van der Waals surface area contributed by atoms with Crippen LogP contribution in [-0.4, -0.2) is 24.8 Å². The molecule has 1 fully saturated rings. The van der Waals surface area contributed by atoms with Crippen molar-refractivity contribution in [2.75, 3.05) is 13.1 Å². The fourth-order valence-electron chi connectivity index (χ4n) is 3.26. The van der Waals surface area contributed by atoms with E-state index in [0.717, 1.165) is 25.3 Å². The first-order valence-corrected chi connectivity index (χ1v) is 6.68. The van der Waals surface area contributed by atoms with Gasteiger partial charge in [-0.25, -0.2) is 0 Å². The van der Waals surface area contributed by atoms with E-state index in [-0.39, 0.29) is 17.3 Å². The maximum Gasteiger partial charge on any atom is 0.126 e. The van der Waals surface area contributed by atoms with E-state index in [0.29, 0.717) is 0 Å². The van der Waals surface area contributed by atoms with E-state index in [1.54, 1.807) is 0 Å². The summed E-state index contributed by atoms with van der Waals surface area (Å²) in [6.45, 7) is 8.17. The van der Waals surface area contributed by atoms with E-state index in [1.165, 1.54) is 5.56 Å². The van der Waals surface area contributed by atoms with E-state index in [4.69, 9.17) is 9.47 Å². The van der Waals surface area contributed by atoms with E-state index < -0.39 is 0 Å². The Labute approximate surface area is 108 Å². The molecule has 1 spiro atoms. The molecule has 3 rings (SSSR count). The van der Waals surface area contributed by atoms with E-state index >= 15 is 0 Å². The van der Waals surface area contributed by atoms with Crippen molar-refractivity contribution in [3.05, 3.63) is 29.8 Å². The maximum atomic E-state index is 6.33. The van der Waals surface area contributed by atoms with Crippen LogP contribution in [0.4, 0.5) is 0 Å². The molecule has 3 nitrogen and oxygen atoms in total. The summed E-state index contributed by atoms with van der Waals surface area (Å²) in [7, 11) is 0. The molecule has 3 heteroatoms. The maximum absolute atomic E-state index is 6.33. The molecule has 1 saturated heterocycles. The number of benzene rings is 1. The Balaban J connectivity index is 2.08. The normalized spacial score (nSPS) is 33.8. The summed E-state index contributed by atoms with van der Waals surface area (Å²) in [6, 6.07) is 8.25. The van der Waals surface area contributed by atoms with Gasteiger partial charge in [0.2, 0.25) is 0 Å². The average Bonchev–Trinajstić information content (AvgIpc) is 2.27. The van der Waals surface area contributed by atoms with Gasteiger partial charge in [-0.15, -0.1) is 0 Å². The highest BCUT2D eigenvalue weighted by atomic mass is 16.5. The van der Waals surface area contributed by atoms with Gasteiger partial charge in [-0.05, 0) is 26.8 Å². The van der Waals surface area contributed by atoms with Crippen LogP contribution in [0.25, 0.3) is 0 Å².